The average molecular weight is 257 g/mol. The monoisotopic (exact) mass is 257 g/mol. The largest absolute Gasteiger partial charge is 0.378 e. The first-order valence-corrected chi connectivity index (χ1v) is 6.39. The molecule has 4 nitrogen and oxygen atoms in total. The molecule has 0 spiro atoms. The van der Waals surface area contributed by atoms with E-state index in [2.05, 4.69) is 15.0 Å². The molecule has 0 atom stereocenters. The van der Waals surface area contributed by atoms with Crippen molar-refractivity contribution in [3.8, 4) is 10.6 Å². The summed E-state index contributed by atoms with van der Waals surface area (Å²) < 4.78 is 5.07. The molecule has 3 rings (SSSR count). The predicted molar refractivity (Wildman–Crippen MR) is 71.4 cm³/mol. The van der Waals surface area contributed by atoms with Gasteiger partial charge in [-0.2, -0.15) is 0 Å². The van der Waals surface area contributed by atoms with Crippen molar-refractivity contribution < 1.29 is 4.74 Å². The van der Waals surface area contributed by atoms with Crippen molar-refractivity contribution in [1.82, 2.24) is 15.0 Å². The van der Waals surface area contributed by atoms with Crippen LogP contribution in [-0.2, 0) is 11.3 Å². The van der Waals surface area contributed by atoms with E-state index in [-0.39, 0.29) is 0 Å². The minimum Gasteiger partial charge on any atom is -0.378 e. The maximum Gasteiger partial charge on any atom is 0.123 e. The molecule has 0 aliphatic rings. The van der Waals surface area contributed by atoms with Gasteiger partial charge in [0.2, 0.25) is 0 Å². The van der Waals surface area contributed by atoms with Gasteiger partial charge in [0.25, 0.3) is 0 Å². The summed E-state index contributed by atoms with van der Waals surface area (Å²) in [7, 11) is 1.67. The summed E-state index contributed by atoms with van der Waals surface area (Å²) in [6.45, 7) is 0.546. The molecule has 0 bridgehead atoms. The summed E-state index contributed by atoms with van der Waals surface area (Å²) >= 11 is 1.61. The van der Waals surface area contributed by atoms with Crippen LogP contribution in [0.25, 0.3) is 21.6 Å². The molecular weight excluding hydrogens is 246 g/mol. The van der Waals surface area contributed by atoms with E-state index < -0.39 is 0 Å². The molecule has 0 unspecified atom stereocenters. The minimum atomic E-state index is 0.546. The standard InChI is InChI=1S/C13H11N3OS/c1-17-7-10-8-18-13(16-10)9-2-3-11-12(6-9)15-5-4-14-11/h2-6,8H,7H2,1H3. The zero-order chi connectivity index (χ0) is 12.4. The lowest BCUT2D eigenvalue weighted by atomic mass is 10.2. The van der Waals surface area contributed by atoms with Crippen molar-refractivity contribution in [3.63, 3.8) is 0 Å². The third kappa shape index (κ3) is 2.10. The maximum atomic E-state index is 5.07. The molecular formula is C13H11N3OS. The molecule has 0 radical (unpaired) electrons. The van der Waals surface area contributed by atoms with Gasteiger partial charge < -0.3 is 4.74 Å². The fourth-order valence-corrected chi connectivity index (χ4v) is 2.55. The summed E-state index contributed by atoms with van der Waals surface area (Å²) in [6, 6.07) is 6.00. The van der Waals surface area contributed by atoms with Gasteiger partial charge in [-0.15, -0.1) is 11.3 Å². The van der Waals surface area contributed by atoms with E-state index in [1.807, 2.05) is 23.6 Å². The van der Waals surface area contributed by atoms with Crippen LogP contribution in [0.15, 0.2) is 36.0 Å². The first-order valence-electron chi connectivity index (χ1n) is 5.51. The van der Waals surface area contributed by atoms with Crippen LogP contribution in [0, 0.1) is 0 Å². The molecule has 2 aromatic heterocycles. The molecule has 0 fully saturated rings. The van der Waals surface area contributed by atoms with E-state index >= 15 is 0 Å². The number of hydrogen-bond donors (Lipinski definition) is 0. The highest BCUT2D eigenvalue weighted by Gasteiger charge is 2.06. The van der Waals surface area contributed by atoms with E-state index in [4.69, 9.17) is 4.74 Å². The van der Waals surface area contributed by atoms with Gasteiger partial charge in [0, 0.05) is 30.4 Å². The molecule has 1 aromatic carbocycles. The smallest absolute Gasteiger partial charge is 0.123 e. The Morgan fingerprint density at radius 2 is 2.00 bits per heavy atom. The van der Waals surface area contributed by atoms with Gasteiger partial charge in [0.1, 0.15) is 5.01 Å². The number of aromatic nitrogens is 3. The Hall–Kier alpha value is -1.85. The molecule has 18 heavy (non-hydrogen) atoms. The molecule has 3 aromatic rings. The second-order valence-electron chi connectivity index (χ2n) is 3.84. The summed E-state index contributed by atoms with van der Waals surface area (Å²) in [5, 5.41) is 2.99. The van der Waals surface area contributed by atoms with Crippen molar-refractivity contribution in [2.75, 3.05) is 7.11 Å². The van der Waals surface area contributed by atoms with Crippen LogP contribution >= 0.6 is 11.3 Å². The second-order valence-corrected chi connectivity index (χ2v) is 4.69. The number of ether oxygens (including phenoxy) is 1. The van der Waals surface area contributed by atoms with Crippen molar-refractivity contribution >= 4 is 22.4 Å². The summed E-state index contributed by atoms with van der Waals surface area (Å²) in [5.74, 6) is 0. The molecule has 0 saturated heterocycles. The lowest BCUT2D eigenvalue weighted by molar-refractivity contribution is 0.182. The Labute approximate surface area is 108 Å². The van der Waals surface area contributed by atoms with E-state index in [1.165, 1.54) is 0 Å². The van der Waals surface area contributed by atoms with Crippen molar-refractivity contribution in [2.45, 2.75) is 6.61 Å². The van der Waals surface area contributed by atoms with Gasteiger partial charge >= 0.3 is 0 Å². The number of hydrogen-bond acceptors (Lipinski definition) is 5. The molecule has 0 aliphatic carbocycles. The van der Waals surface area contributed by atoms with E-state index in [0.29, 0.717) is 6.61 Å². The van der Waals surface area contributed by atoms with Gasteiger partial charge in [-0.25, -0.2) is 4.98 Å². The fourth-order valence-electron chi connectivity index (χ4n) is 1.75. The second kappa shape index (κ2) is 4.80. The molecule has 0 saturated carbocycles. The summed E-state index contributed by atoms with van der Waals surface area (Å²) in [6.07, 6.45) is 3.40. The predicted octanol–water partition coefficient (Wildman–Crippen LogP) is 2.90. The Morgan fingerprint density at radius 3 is 2.83 bits per heavy atom. The molecule has 5 heteroatoms. The van der Waals surface area contributed by atoms with E-state index in [9.17, 15) is 0 Å². The van der Waals surface area contributed by atoms with Gasteiger partial charge in [0.15, 0.2) is 0 Å². The number of benzene rings is 1. The first kappa shape index (κ1) is 11.3. The number of rotatable bonds is 3. The SMILES string of the molecule is COCc1csc(-c2ccc3nccnc3c2)n1. The van der Waals surface area contributed by atoms with Crippen molar-refractivity contribution in [1.29, 1.82) is 0 Å². The highest BCUT2D eigenvalue weighted by Crippen LogP contribution is 2.26. The minimum absolute atomic E-state index is 0.546. The van der Waals surface area contributed by atoms with Crippen LogP contribution in [0.2, 0.25) is 0 Å². The van der Waals surface area contributed by atoms with Crippen LogP contribution in [0.1, 0.15) is 5.69 Å². The van der Waals surface area contributed by atoms with Gasteiger partial charge in [-0.1, -0.05) is 0 Å². The van der Waals surface area contributed by atoms with Gasteiger partial charge in [-0.3, -0.25) is 9.97 Å². The summed E-state index contributed by atoms with van der Waals surface area (Å²) in [4.78, 5) is 13.1. The number of thiazole rings is 1. The van der Waals surface area contributed by atoms with Gasteiger partial charge in [-0.05, 0) is 18.2 Å². The molecule has 90 valence electrons. The van der Waals surface area contributed by atoms with Gasteiger partial charge in [0.05, 0.1) is 23.3 Å². The number of methoxy groups -OCH3 is 1. The Balaban J connectivity index is 2.02. The fraction of sp³-hybridized carbons (Fsp3) is 0.154. The molecule has 0 amide bonds. The lowest BCUT2D eigenvalue weighted by Gasteiger charge is -1.99. The molecule has 0 aliphatic heterocycles. The van der Waals surface area contributed by atoms with Crippen LogP contribution in [0.5, 0.6) is 0 Å². The van der Waals surface area contributed by atoms with Crippen LogP contribution < -0.4 is 0 Å². The lowest BCUT2D eigenvalue weighted by Crippen LogP contribution is -1.87. The van der Waals surface area contributed by atoms with Crippen LogP contribution in [-0.4, -0.2) is 22.1 Å². The Morgan fingerprint density at radius 1 is 1.17 bits per heavy atom. The Bertz CT molecular complexity index is 681. The van der Waals surface area contributed by atoms with Crippen LogP contribution in [0.4, 0.5) is 0 Å². The van der Waals surface area contributed by atoms with E-state index in [0.717, 1.165) is 27.3 Å². The first-order chi connectivity index (χ1) is 8.86. The number of nitrogens with zero attached hydrogens (tertiary/aromatic N) is 3. The zero-order valence-electron chi connectivity index (χ0n) is 9.83. The summed E-state index contributed by atoms with van der Waals surface area (Å²) in [5.41, 5.74) is 3.81. The highest BCUT2D eigenvalue weighted by atomic mass is 32.1. The normalized spacial score (nSPS) is 10.9. The average Bonchev–Trinajstić information content (AvgIpc) is 2.87. The Kier molecular flexibility index (Phi) is 3.00. The zero-order valence-corrected chi connectivity index (χ0v) is 10.6. The molecule has 0 N–H and O–H groups in total. The third-order valence-corrected chi connectivity index (χ3v) is 3.50. The third-order valence-electron chi connectivity index (χ3n) is 2.56. The highest BCUT2D eigenvalue weighted by molar-refractivity contribution is 7.13. The maximum absolute atomic E-state index is 5.07. The number of fused-ring (bicyclic) bond motifs is 1. The van der Waals surface area contributed by atoms with Crippen LogP contribution in [0.3, 0.4) is 0 Å². The topological polar surface area (TPSA) is 47.9 Å². The quantitative estimate of drug-likeness (QED) is 0.724. The van der Waals surface area contributed by atoms with Crippen molar-refractivity contribution in [3.05, 3.63) is 41.7 Å². The van der Waals surface area contributed by atoms with E-state index in [1.54, 1.807) is 30.8 Å². The van der Waals surface area contributed by atoms with Crippen molar-refractivity contribution in [2.24, 2.45) is 0 Å². The molecule has 2 heterocycles.